The second-order valence-corrected chi connectivity index (χ2v) is 9.69. The maximum atomic E-state index is 13.4. The number of hydrogen-bond donors (Lipinski definition) is 2. The highest BCUT2D eigenvalue weighted by Crippen LogP contribution is 2.32. The summed E-state index contributed by atoms with van der Waals surface area (Å²) < 4.78 is 33.6. The number of aromatic nitrogens is 2. The molecule has 1 aliphatic heterocycles. The molecule has 1 aliphatic rings. The molecule has 0 radical (unpaired) electrons. The minimum absolute atomic E-state index is 0.00705. The van der Waals surface area contributed by atoms with Crippen LogP contribution in [0.1, 0.15) is 36.5 Å². The van der Waals surface area contributed by atoms with Gasteiger partial charge in [0.05, 0.1) is 12.8 Å². The lowest BCUT2D eigenvalue weighted by atomic mass is 10.1. The first-order valence-electron chi connectivity index (χ1n) is 10.5. The lowest BCUT2D eigenvalue weighted by Gasteiger charge is -2.32. The van der Waals surface area contributed by atoms with Crippen LogP contribution in [0.5, 0.6) is 5.75 Å². The fourth-order valence-corrected chi connectivity index (χ4v) is 5.84. The zero-order valence-electron chi connectivity index (χ0n) is 18.0. The van der Waals surface area contributed by atoms with Crippen molar-refractivity contribution in [1.29, 1.82) is 0 Å². The summed E-state index contributed by atoms with van der Waals surface area (Å²) in [5.74, 6) is -0.182. The van der Waals surface area contributed by atoms with Crippen molar-refractivity contribution in [1.82, 2.24) is 14.5 Å². The smallest absolute Gasteiger partial charge is 0.255 e. The standard InChI is InChI=1S/C23H26N4O4S/c1-16-6-3-4-13-27(16)32(29,30)22-15-18(9-10-21(22)31-2)23(28)25-19-8-5-7-17(14-19)20-11-12-24-26-20/h5,7-12,14-16H,3-4,6,13H2,1-2H3,(H,24,26)(H,25,28). The van der Waals surface area contributed by atoms with Crippen molar-refractivity contribution >= 4 is 21.6 Å². The minimum Gasteiger partial charge on any atom is -0.495 e. The monoisotopic (exact) mass is 454 g/mol. The van der Waals surface area contributed by atoms with Gasteiger partial charge in [-0.3, -0.25) is 9.89 Å². The first-order valence-corrected chi connectivity index (χ1v) is 11.9. The number of nitrogens with zero attached hydrogens (tertiary/aromatic N) is 2. The third-order valence-corrected chi connectivity index (χ3v) is 7.72. The number of methoxy groups -OCH3 is 1. The number of amides is 1. The SMILES string of the molecule is COc1ccc(C(=O)Nc2cccc(-c3ccn[nH]3)c2)cc1S(=O)(=O)N1CCCCC1C. The fourth-order valence-electron chi connectivity index (χ4n) is 3.96. The summed E-state index contributed by atoms with van der Waals surface area (Å²) in [7, 11) is -2.38. The molecule has 0 spiro atoms. The van der Waals surface area contributed by atoms with E-state index >= 15 is 0 Å². The molecule has 32 heavy (non-hydrogen) atoms. The van der Waals surface area contributed by atoms with Crippen molar-refractivity contribution in [2.75, 3.05) is 19.0 Å². The molecule has 3 aromatic rings. The zero-order chi connectivity index (χ0) is 22.7. The van der Waals surface area contributed by atoms with Gasteiger partial charge in [0.15, 0.2) is 0 Å². The summed E-state index contributed by atoms with van der Waals surface area (Å²) in [5.41, 5.74) is 2.53. The van der Waals surface area contributed by atoms with Gasteiger partial charge in [-0.25, -0.2) is 8.42 Å². The zero-order valence-corrected chi connectivity index (χ0v) is 18.9. The Balaban J connectivity index is 1.62. The molecule has 2 aromatic carbocycles. The number of H-pyrrole nitrogens is 1. The number of anilines is 1. The number of nitrogens with one attached hydrogen (secondary N) is 2. The summed E-state index contributed by atoms with van der Waals surface area (Å²) in [4.78, 5) is 13.0. The summed E-state index contributed by atoms with van der Waals surface area (Å²) >= 11 is 0. The Bertz CT molecular complexity index is 1210. The molecule has 1 saturated heterocycles. The van der Waals surface area contributed by atoms with Crippen LogP contribution in [-0.4, -0.2) is 48.5 Å². The molecule has 1 amide bonds. The van der Waals surface area contributed by atoms with E-state index in [9.17, 15) is 13.2 Å². The highest BCUT2D eigenvalue weighted by molar-refractivity contribution is 7.89. The summed E-state index contributed by atoms with van der Waals surface area (Å²) in [6.07, 6.45) is 4.29. The van der Waals surface area contributed by atoms with E-state index in [0.29, 0.717) is 12.2 Å². The van der Waals surface area contributed by atoms with Crippen LogP contribution in [0.4, 0.5) is 5.69 Å². The number of aromatic amines is 1. The van der Waals surface area contributed by atoms with E-state index in [1.54, 1.807) is 18.3 Å². The van der Waals surface area contributed by atoms with Crippen LogP contribution in [0.25, 0.3) is 11.3 Å². The minimum atomic E-state index is -3.80. The Morgan fingerprint density at radius 2 is 2.03 bits per heavy atom. The Labute approximate surface area is 187 Å². The molecular weight excluding hydrogens is 428 g/mol. The van der Waals surface area contributed by atoms with Crippen molar-refractivity contribution in [3.05, 3.63) is 60.3 Å². The third-order valence-electron chi connectivity index (χ3n) is 5.69. The number of carbonyl (C=O) groups is 1. The maximum Gasteiger partial charge on any atom is 0.255 e. The number of sulfonamides is 1. The second-order valence-electron chi connectivity index (χ2n) is 7.83. The van der Waals surface area contributed by atoms with Crippen molar-refractivity contribution in [3.63, 3.8) is 0 Å². The molecule has 1 aromatic heterocycles. The molecule has 0 bridgehead atoms. The topological polar surface area (TPSA) is 104 Å². The van der Waals surface area contributed by atoms with Gasteiger partial charge in [0.1, 0.15) is 10.6 Å². The van der Waals surface area contributed by atoms with Crippen molar-refractivity contribution in [2.24, 2.45) is 0 Å². The number of hydrogen-bond acceptors (Lipinski definition) is 5. The van der Waals surface area contributed by atoms with Gasteiger partial charge in [0, 0.05) is 35.6 Å². The predicted molar refractivity (Wildman–Crippen MR) is 122 cm³/mol. The molecule has 1 fully saturated rings. The van der Waals surface area contributed by atoms with E-state index in [1.807, 2.05) is 31.2 Å². The van der Waals surface area contributed by atoms with Gasteiger partial charge < -0.3 is 10.1 Å². The largest absolute Gasteiger partial charge is 0.495 e. The number of rotatable bonds is 6. The molecule has 4 rings (SSSR count). The first-order chi connectivity index (χ1) is 15.4. The van der Waals surface area contributed by atoms with Gasteiger partial charge in [-0.2, -0.15) is 9.40 Å². The van der Waals surface area contributed by atoms with Crippen LogP contribution in [0.3, 0.4) is 0 Å². The van der Waals surface area contributed by atoms with E-state index in [-0.39, 0.29) is 22.3 Å². The number of ether oxygens (including phenoxy) is 1. The normalized spacial score (nSPS) is 17.1. The van der Waals surface area contributed by atoms with Crippen LogP contribution in [0, 0.1) is 0 Å². The van der Waals surface area contributed by atoms with Gasteiger partial charge in [-0.15, -0.1) is 0 Å². The number of carbonyl (C=O) groups excluding carboxylic acids is 1. The van der Waals surface area contributed by atoms with Crippen LogP contribution >= 0.6 is 0 Å². The average Bonchev–Trinajstić information content (AvgIpc) is 3.34. The van der Waals surface area contributed by atoms with Gasteiger partial charge >= 0.3 is 0 Å². The van der Waals surface area contributed by atoms with E-state index in [1.165, 1.54) is 23.5 Å². The Hall–Kier alpha value is -3.17. The van der Waals surface area contributed by atoms with E-state index in [0.717, 1.165) is 30.5 Å². The predicted octanol–water partition coefficient (Wildman–Crippen LogP) is 3.90. The molecule has 2 N–H and O–H groups in total. The molecule has 8 nitrogen and oxygen atoms in total. The lowest BCUT2D eigenvalue weighted by Crippen LogP contribution is -2.42. The average molecular weight is 455 g/mol. The van der Waals surface area contributed by atoms with E-state index < -0.39 is 15.9 Å². The fraction of sp³-hybridized carbons (Fsp3) is 0.304. The van der Waals surface area contributed by atoms with Gasteiger partial charge in [0.25, 0.3) is 5.91 Å². The Morgan fingerprint density at radius 3 is 2.75 bits per heavy atom. The van der Waals surface area contributed by atoms with Crippen molar-refractivity contribution in [2.45, 2.75) is 37.1 Å². The van der Waals surface area contributed by atoms with Gasteiger partial charge in [-0.1, -0.05) is 18.6 Å². The van der Waals surface area contributed by atoms with Crippen LogP contribution in [-0.2, 0) is 10.0 Å². The summed E-state index contributed by atoms with van der Waals surface area (Å²) in [5, 5.41) is 9.68. The first kappa shape index (κ1) is 22.0. The lowest BCUT2D eigenvalue weighted by molar-refractivity contribution is 0.102. The molecule has 0 aliphatic carbocycles. The maximum absolute atomic E-state index is 13.4. The summed E-state index contributed by atoms with van der Waals surface area (Å²) in [6.45, 7) is 2.37. The van der Waals surface area contributed by atoms with E-state index in [2.05, 4.69) is 15.5 Å². The van der Waals surface area contributed by atoms with Gasteiger partial charge in [0.2, 0.25) is 10.0 Å². The van der Waals surface area contributed by atoms with Gasteiger partial charge in [-0.05, 0) is 56.2 Å². The van der Waals surface area contributed by atoms with Crippen LogP contribution < -0.4 is 10.1 Å². The second kappa shape index (κ2) is 9.13. The Kier molecular flexibility index (Phi) is 6.29. The Morgan fingerprint density at radius 1 is 1.19 bits per heavy atom. The highest BCUT2D eigenvalue weighted by atomic mass is 32.2. The van der Waals surface area contributed by atoms with E-state index in [4.69, 9.17) is 4.74 Å². The number of piperidine rings is 1. The quantitative estimate of drug-likeness (QED) is 0.588. The molecule has 1 unspecified atom stereocenters. The third kappa shape index (κ3) is 4.39. The summed E-state index contributed by atoms with van der Waals surface area (Å²) in [6, 6.07) is 13.5. The molecule has 0 saturated carbocycles. The highest BCUT2D eigenvalue weighted by Gasteiger charge is 2.33. The molecule has 9 heteroatoms. The van der Waals surface area contributed by atoms with Crippen molar-refractivity contribution in [3.8, 4) is 17.0 Å². The number of benzene rings is 2. The molecular formula is C23H26N4O4S. The molecule has 1 atom stereocenters. The molecule has 2 heterocycles. The molecule has 168 valence electrons. The van der Waals surface area contributed by atoms with Crippen LogP contribution in [0.2, 0.25) is 0 Å². The van der Waals surface area contributed by atoms with Crippen molar-refractivity contribution < 1.29 is 17.9 Å². The van der Waals surface area contributed by atoms with Crippen LogP contribution in [0.15, 0.2) is 59.6 Å².